The summed E-state index contributed by atoms with van der Waals surface area (Å²) in [5.74, 6) is 1.59. The van der Waals surface area contributed by atoms with Crippen molar-refractivity contribution in [3.05, 3.63) is 23.9 Å². The summed E-state index contributed by atoms with van der Waals surface area (Å²) in [5.41, 5.74) is 6.60. The van der Waals surface area contributed by atoms with Gasteiger partial charge < -0.3 is 26.2 Å². The SMILES string of the molecule is CN=C(NCCCN1CCCCC1C)NCc1cccnc1N1CCC(C(N)=O)CC1. The minimum Gasteiger partial charge on any atom is -0.369 e. The summed E-state index contributed by atoms with van der Waals surface area (Å²) < 4.78 is 0. The van der Waals surface area contributed by atoms with Crippen LogP contribution in [0.5, 0.6) is 0 Å². The first-order chi connectivity index (χ1) is 15.1. The van der Waals surface area contributed by atoms with Crippen molar-refractivity contribution in [2.45, 2.75) is 58.0 Å². The number of aliphatic imine (C=N–C) groups is 1. The van der Waals surface area contributed by atoms with Gasteiger partial charge in [0.25, 0.3) is 0 Å². The van der Waals surface area contributed by atoms with E-state index in [0.29, 0.717) is 12.6 Å². The Morgan fingerprint density at radius 3 is 2.74 bits per heavy atom. The van der Waals surface area contributed by atoms with Crippen molar-refractivity contribution in [1.29, 1.82) is 0 Å². The number of piperidine rings is 2. The Balaban J connectivity index is 1.45. The molecular weight excluding hydrogens is 390 g/mol. The van der Waals surface area contributed by atoms with Crippen LogP contribution in [0.25, 0.3) is 0 Å². The number of nitrogens with two attached hydrogens (primary N) is 1. The van der Waals surface area contributed by atoms with E-state index in [1.807, 2.05) is 12.3 Å². The molecule has 4 N–H and O–H groups in total. The summed E-state index contributed by atoms with van der Waals surface area (Å²) in [4.78, 5) is 25.3. The number of anilines is 1. The second kappa shape index (κ2) is 11.9. The number of carbonyl (C=O) groups excluding carboxylic acids is 1. The molecule has 8 heteroatoms. The van der Waals surface area contributed by atoms with Crippen LogP contribution in [0.15, 0.2) is 23.3 Å². The molecule has 0 radical (unpaired) electrons. The van der Waals surface area contributed by atoms with E-state index in [9.17, 15) is 4.79 Å². The molecule has 1 atom stereocenters. The number of hydrogen-bond donors (Lipinski definition) is 3. The van der Waals surface area contributed by atoms with Crippen molar-refractivity contribution in [2.75, 3.05) is 44.7 Å². The second-order valence-electron chi connectivity index (χ2n) is 8.74. The van der Waals surface area contributed by atoms with E-state index in [1.165, 1.54) is 25.8 Å². The van der Waals surface area contributed by atoms with Crippen LogP contribution in [0.3, 0.4) is 0 Å². The maximum absolute atomic E-state index is 11.4. The van der Waals surface area contributed by atoms with Crippen molar-refractivity contribution in [1.82, 2.24) is 20.5 Å². The zero-order valence-electron chi connectivity index (χ0n) is 19.1. The Labute approximate surface area is 186 Å². The van der Waals surface area contributed by atoms with Gasteiger partial charge in [-0.2, -0.15) is 0 Å². The van der Waals surface area contributed by atoms with E-state index >= 15 is 0 Å². The van der Waals surface area contributed by atoms with Crippen LogP contribution in [0.1, 0.15) is 51.0 Å². The van der Waals surface area contributed by atoms with Crippen LogP contribution >= 0.6 is 0 Å². The molecule has 0 bridgehead atoms. The van der Waals surface area contributed by atoms with Crippen molar-refractivity contribution >= 4 is 17.7 Å². The summed E-state index contributed by atoms with van der Waals surface area (Å²) in [6.07, 6.45) is 8.53. The fourth-order valence-corrected chi connectivity index (χ4v) is 4.61. The number of rotatable bonds is 8. The van der Waals surface area contributed by atoms with Gasteiger partial charge in [-0.15, -0.1) is 0 Å². The highest BCUT2D eigenvalue weighted by Gasteiger charge is 2.25. The largest absolute Gasteiger partial charge is 0.369 e. The lowest BCUT2D eigenvalue weighted by Crippen LogP contribution is -2.41. The fourth-order valence-electron chi connectivity index (χ4n) is 4.61. The molecule has 2 aliphatic heterocycles. The minimum absolute atomic E-state index is 0.0162. The lowest BCUT2D eigenvalue weighted by atomic mass is 9.96. The van der Waals surface area contributed by atoms with Crippen LogP contribution in [0, 0.1) is 5.92 Å². The standard InChI is InChI=1S/C23H39N7O/c1-18-7-3-4-13-29(18)14-6-12-27-23(25-2)28-17-20-8-5-11-26-22(20)30-15-9-19(10-16-30)21(24)31/h5,8,11,18-19H,3-4,6-7,9-10,12-17H2,1-2H3,(H2,24,31)(H2,25,27,28). The van der Waals surface area contributed by atoms with Crippen molar-refractivity contribution in [3.63, 3.8) is 0 Å². The summed E-state index contributed by atoms with van der Waals surface area (Å²) in [5, 5.41) is 6.86. The number of hydrogen-bond acceptors (Lipinski definition) is 5. The highest BCUT2D eigenvalue weighted by atomic mass is 16.1. The van der Waals surface area contributed by atoms with Crippen LogP contribution in [-0.4, -0.2) is 67.6 Å². The number of aromatic nitrogens is 1. The van der Waals surface area contributed by atoms with Gasteiger partial charge in [0, 0.05) is 63.5 Å². The molecule has 0 saturated carbocycles. The monoisotopic (exact) mass is 429 g/mol. The molecule has 0 aromatic carbocycles. The lowest BCUT2D eigenvalue weighted by Gasteiger charge is -2.33. The summed E-state index contributed by atoms with van der Waals surface area (Å²) in [6.45, 7) is 7.88. The number of carbonyl (C=O) groups is 1. The molecule has 3 heterocycles. The van der Waals surface area contributed by atoms with E-state index in [1.54, 1.807) is 7.05 Å². The summed E-state index contributed by atoms with van der Waals surface area (Å²) in [7, 11) is 1.81. The lowest BCUT2D eigenvalue weighted by molar-refractivity contribution is -0.122. The Kier molecular flexibility index (Phi) is 8.94. The van der Waals surface area contributed by atoms with E-state index < -0.39 is 0 Å². The molecule has 1 amide bonds. The van der Waals surface area contributed by atoms with Gasteiger partial charge in [0.05, 0.1) is 0 Å². The first-order valence-corrected chi connectivity index (χ1v) is 11.7. The second-order valence-corrected chi connectivity index (χ2v) is 8.74. The predicted molar refractivity (Wildman–Crippen MR) is 126 cm³/mol. The molecule has 3 rings (SSSR count). The Morgan fingerprint density at radius 2 is 2.03 bits per heavy atom. The number of pyridine rings is 1. The molecule has 1 aromatic rings. The zero-order valence-corrected chi connectivity index (χ0v) is 19.1. The Hall–Kier alpha value is -2.35. The third-order valence-corrected chi connectivity index (χ3v) is 6.59. The van der Waals surface area contributed by atoms with E-state index in [2.05, 4.69) is 43.4 Å². The number of amides is 1. The van der Waals surface area contributed by atoms with Gasteiger partial charge in [-0.1, -0.05) is 12.5 Å². The fraction of sp³-hybridized carbons (Fsp3) is 0.696. The Bertz CT molecular complexity index is 730. The average molecular weight is 430 g/mol. The molecule has 8 nitrogen and oxygen atoms in total. The van der Waals surface area contributed by atoms with Crippen LogP contribution in [0.2, 0.25) is 0 Å². The van der Waals surface area contributed by atoms with E-state index in [4.69, 9.17) is 5.73 Å². The molecule has 172 valence electrons. The van der Waals surface area contributed by atoms with Gasteiger partial charge in [0.15, 0.2) is 5.96 Å². The van der Waals surface area contributed by atoms with Gasteiger partial charge >= 0.3 is 0 Å². The third-order valence-electron chi connectivity index (χ3n) is 6.59. The number of guanidine groups is 1. The van der Waals surface area contributed by atoms with E-state index in [-0.39, 0.29) is 11.8 Å². The molecular formula is C23H39N7O. The van der Waals surface area contributed by atoms with Gasteiger partial charge in [-0.3, -0.25) is 9.79 Å². The van der Waals surface area contributed by atoms with Gasteiger partial charge in [0.2, 0.25) is 5.91 Å². The summed E-state index contributed by atoms with van der Waals surface area (Å²) in [6, 6.07) is 4.77. The average Bonchev–Trinajstić information content (AvgIpc) is 2.80. The van der Waals surface area contributed by atoms with Crippen LogP contribution in [-0.2, 0) is 11.3 Å². The smallest absolute Gasteiger partial charge is 0.220 e. The van der Waals surface area contributed by atoms with Crippen molar-refractivity contribution in [2.24, 2.45) is 16.6 Å². The maximum atomic E-state index is 11.4. The summed E-state index contributed by atoms with van der Waals surface area (Å²) >= 11 is 0. The quantitative estimate of drug-likeness (QED) is 0.331. The van der Waals surface area contributed by atoms with Crippen LogP contribution < -0.4 is 21.3 Å². The molecule has 2 fully saturated rings. The van der Waals surface area contributed by atoms with Gasteiger partial charge in [0.1, 0.15) is 5.82 Å². The molecule has 2 saturated heterocycles. The van der Waals surface area contributed by atoms with Crippen LogP contribution in [0.4, 0.5) is 5.82 Å². The molecule has 1 unspecified atom stereocenters. The molecule has 1 aromatic heterocycles. The normalized spacial score (nSPS) is 21.2. The Morgan fingerprint density at radius 1 is 1.23 bits per heavy atom. The highest BCUT2D eigenvalue weighted by Crippen LogP contribution is 2.24. The first-order valence-electron chi connectivity index (χ1n) is 11.7. The van der Waals surface area contributed by atoms with E-state index in [0.717, 1.165) is 62.8 Å². The third kappa shape index (κ3) is 6.82. The van der Waals surface area contributed by atoms with Crippen molar-refractivity contribution in [3.8, 4) is 0 Å². The molecule has 2 aliphatic rings. The number of nitrogens with one attached hydrogen (secondary N) is 2. The maximum Gasteiger partial charge on any atom is 0.220 e. The van der Waals surface area contributed by atoms with Crippen molar-refractivity contribution < 1.29 is 4.79 Å². The van der Waals surface area contributed by atoms with Gasteiger partial charge in [-0.05, 0) is 51.6 Å². The number of likely N-dealkylation sites (tertiary alicyclic amines) is 1. The highest BCUT2D eigenvalue weighted by molar-refractivity contribution is 5.79. The van der Waals surface area contributed by atoms with Gasteiger partial charge in [-0.25, -0.2) is 4.98 Å². The molecule has 31 heavy (non-hydrogen) atoms. The minimum atomic E-state index is -0.188. The first kappa shape index (κ1) is 23.3. The number of nitrogens with zero attached hydrogens (tertiary/aromatic N) is 4. The number of primary amides is 1. The molecule has 0 aliphatic carbocycles. The topological polar surface area (TPSA) is 98.9 Å². The molecule has 0 spiro atoms. The zero-order chi connectivity index (χ0) is 22.1. The predicted octanol–water partition coefficient (Wildman–Crippen LogP) is 1.71.